The van der Waals surface area contributed by atoms with Crippen LogP contribution < -0.4 is 5.32 Å². The highest BCUT2D eigenvalue weighted by Crippen LogP contribution is 2.23. The van der Waals surface area contributed by atoms with Gasteiger partial charge in [0.05, 0.1) is 5.92 Å². The van der Waals surface area contributed by atoms with Crippen molar-refractivity contribution in [3.63, 3.8) is 0 Å². The number of aliphatic carboxylic acids is 1. The number of amides is 2. The van der Waals surface area contributed by atoms with Gasteiger partial charge in [-0.25, -0.2) is 4.79 Å². The lowest BCUT2D eigenvalue weighted by molar-refractivity contribution is -0.141. The SMILES string of the molecule is O=C(O)C1CCN(C(=O)Nc2ccc(CCC(F)(F)F)cc2)C1. The highest BCUT2D eigenvalue weighted by atomic mass is 19.4. The first-order valence-corrected chi connectivity index (χ1v) is 7.19. The fourth-order valence-electron chi connectivity index (χ4n) is 2.39. The van der Waals surface area contributed by atoms with E-state index in [0.717, 1.165) is 0 Å². The van der Waals surface area contributed by atoms with Gasteiger partial charge in [-0.3, -0.25) is 4.79 Å². The number of nitrogens with one attached hydrogen (secondary N) is 1. The second kappa shape index (κ2) is 6.89. The maximum atomic E-state index is 12.1. The number of likely N-dealkylation sites (tertiary alicyclic amines) is 1. The van der Waals surface area contributed by atoms with Gasteiger partial charge in [0.15, 0.2) is 0 Å². The number of urea groups is 1. The predicted octanol–water partition coefficient (Wildman–Crippen LogP) is 3.12. The number of carboxylic acids is 1. The average molecular weight is 330 g/mol. The van der Waals surface area contributed by atoms with Crippen molar-refractivity contribution in [3.8, 4) is 0 Å². The molecule has 1 aromatic rings. The van der Waals surface area contributed by atoms with Gasteiger partial charge >= 0.3 is 18.2 Å². The molecule has 23 heavy (non-hydrogen) atoms. The van der Waals surface area contributed by atoms with Gasteiger partial charge in [-0.05, 0) is 30.5 Å². The third-order valence-corrected chi connectivity index (χ3v) is 3.73. The fraction of sp³-hybridized carbons (Fsp3) is 0.467. The normalized spacial score (nSPS) is 18.0. The summed E-state index contributed by atoms with van der Waals surface area (Å²) in [6.07, 6.45) is -4.77. The van der Waals surface area contributed by atoms with Crippen LogP contribution in [0, 0.1) is 5.92 Å². The summed E-state index contributed by atoms with van der Waals surface area (Å²) in [5.74, 6) is -1.47. The molecule has 2 rings (SSSR count). The molecule has 126 valence electrons. The number of nitrogens with zero attached hydrogens (tertiary/aromatic N) is 1. The first-order valence-electron chi connectivity index (χ1n) is 7.19. The molecule has 2 N–H and O–H groups in total. The highest BCUT2D eigenvalue weighted by Gasteiger charge is 2.30. The molecule has 1 saturated heterocycles. The van der Waals surface area contributed by atoms with Crippen molar-refractivity contribution >= 4 is 17.7 Å². The molecule has 0 spiro atoms. The zero-order valence-corrected chi connectivity index (χ0v) is 12.3. The smallest absolute Gasteiger partial charge is 0.389 e. The Hall–Kier alpha value is -2.25. The molecule has 1 unspecified atom stereocenters. The monoisotopic (exact) mass is 330 g/mol. The lowest BCUT2D eigenvalue weighted by Crippen LogP contribution is -2.33. The minimum absolute atomic E-state index is 0.107. The summed E-state index contributed by atoms with van der Waals surface area (Å²) >= 11 is 0. The number of hydrogen-bond donors (Lipinski definition) is 2. The van der Waals surface area contributed by atoms with Crippen LogP contribution in [0.5, 0.6) is 0 Å². The number of carboxylic acid groups (broad SMARTS) is 1. The summed E-state index contributed by atoms with van der Waals surface area (Å²) in [6.45, 7) is 0.525. The first-order chi connectivity index (χ1) is 10.7. The maximum absolute atomic E-state index is 12.1. The molecule has 0 radical (unpaired) electrons. The van der Waals surface area contributed by atoms with Gasteiger partial charge in [0.2, 0.25) is 0 Å². The number of anilines is 1. The summed E-state index contributed by atoms with van der Waals surface area (Å²) in [5, 5.41) is 11.5. The molecule has 0 bridgehead atoms. The van der Waals surface area contributed by atoms with Crippen LogP contribution in [0.3, 0.4) is 0 Å². The number of hydrogen-bond acceptors (Lipinski definition) is 2. The summed E-state index contributed by atoms with van der Waals surface area (Å²) in [6, 6.07) is 5.73. The Morgan fingerprint density at radius 1 is 1.26 bits per heavy atom. The molecule has 1 aromatic carbocycles. The summed E-state index contributed by atoms with van der Waals surface area (Å²) < 4.78 is 36.4. The number of benzene rings is 1. The molecule has 2 amide bonds. The number of carbonyl (C=O) groups is 2. The van der Waals surface area contributed by atoms with Gasteiger partial charge < -0.3 is 15.3 Å². The third kappa shape index (κ3) is 5.15. The zero-order chi connectivity index (χ0) is 17.0. The third-order valence-electron chi connectivity index (χ3n) is 3.73. The number of alkyl halides is 3. The van der Waals surface area contributed by atoms with E-state index in [-0.39, 0.29) is 13.0 Å². The second-order valence-corrected chi connectivity index (χ2v) is 5.51. The Bertz CT molecular complexity index is 572. The van der Waals surface area contributed by atoms with Crippen molar-refractivity contribution in [1.82, 2.24) is 4.90 Å². The van der Waals surface area contributed by atoms with Crippen LogP contribution in [0.25, 0.3) is 0 Å². The van der Waals surface area contributed by atoms with Gasteiger partial charge in [0.25, 0.3) is 0 Å². The van der Waals surface area contributed by atoms with E-state index in [0.29, 0.717) is 24.2 Å². The lowest BCUT2D eigenvalue weighted by atomic mass is 10.1. The molecule has 1 fully saturated rings. The molecular formula is C15H17F3N2O3. The zero-order valence-electron chi connectivity index (χ0n) is 12.3. The Labute approximate surface area is 131 Å². The topological polar surface area (TPSA) is 69.6 Å². The highest BCUT2D eigenvalue weighted by molar-refractivity contribution is 5.90. The quantitative estimate of drug-likeness (QED) is 0.891. The molecule has 1 aliphatic rings. The largest absolute Gasteiger partial charge is 0.481 e. The van der Waals surface area contributed by atoms with E-state index >= 15 is 0 Å². The number of rotatable bonds is 4. The molecule has 0 saturated carbocycles. The average Bonchev–Trinajstić information content (AvgIpc) is 2.96. The summed E-state index contributed by atoms with van der Waals surface area (Å²) in [5.41, 5.74) is 0.997. The summed E-state index contributed by atoms with van der Waals surface area (Å²) in [4.78, 5) is 24.3. The van der Waals surface area contributed by atoms with E-state index in [4.69, 9.17) is 5.11 Å². The van der Waals surface area contributed by atoms with Crippen molar-refractivity contribution in [2.45, 2.75) is 25.4 Å². The Morgan fingerprint density at radius 2 is 1.91 bits per heavy atom. The van der Waals surface area contributed by atoms with E-state index < -0.39 is 30.5 Å². The Balaban J connectivity index is 1.86. The lowest BCUT2D eigenvalue weighted by Gasteiger charge is -2.17. The molecular weight excluding hydrogens is 313 g/mol. The molecule has 1 atom stereocenters. The number of aryl methyl sites for hydroxylation is 1. The van der Waals surface area contributed by atoms with Crippen molar-refractivity contribution in [3.05, 3.63) is 29.8 Å². The molecule has 8 heteroatoms. The van der Waals surface area contributed by atoms with Gasteiger partial charge in [-0.15, -0.1) is 0 Å². The van der Waals surface area contributed by atoms with Crippen LogP contribution in [0.2, 0.25) is 0 Å². The molecule has 1 aliphatic heterocycles. The van der Waals surface area contributed by atoms with Crippen molar-refractivity contribution in [2.24, 2.45) is 5.92 Å². The van der Waals surface area contributed by atoms with Gasteiger partial charge in [-0.2, -0.15) is 13.2 Å². The van der Waals surface area contributed by atoms with Crippen LogP contribution in [0.1, 0.15) is 18.4 Å². The summed E-state index contributed by atoms with van der Waals surface area (Å²) in [7, 11) is 0. The van der Waals surface area contributed by atoms with Crippen LogP contribution in [-0.2, 0) is 11.2 Å². The van der Waals surface area contributed by atoms with E-state index in [1.807, 2.05) is 0 Å². The van der Waals surface area contributed by atoms with Crippen molar-refractivity contribution in [2.75, 3.05) is 18.4 Å². The fourth-order valence-corrected chi connectivity index (χ4v) is 2.39. The van der Waals surface area contributed by atoms with Gasteiger partial charge in [-0.1, -0.05) is 12.1 Å². The Morgan fingerprint density at radius 3 is 2.43 bits per heavy atom. The van der Waals surface area contributed by atoms with Crippen molar-refractivity contribution < 1.29 is 27.9 Å². The number of carbonyl (C=O) groups excluding carboxylic acids is 1. The van der Waals surface area contributed by atoms with Gasteiger partial charge in [0, 0.05) is 25.2 Å². The van der Waals surface area contributed by atoms with E-state index in [9.17, 15) is 22.8 Å². The van der Waals surface area contributed by atoms with E-state index in [1.165, 1.54) is 29.2 Å². The second-order valence-electron chi connectivity index (χ2n) is 5.51. The minimum atomic E-state index is -4.19. The van der Waals surface area contributed by atoms with Crippen LogP contribution in [-0.4, -0.2) is 41.3 Å². The van der Waals surface area contributed by atoms with Crippen LogP contribution in [0.4, 0.5) is 23.7 Å². The molecule has 0 aromatic heterocycles. The van der Waals surface area contributed by atoms with Crippen molar-refractivity contribution in [1.29, 1.82) is 0 Å². The van der Waals surface area contributed by atoms with E-state index in [1.54, 1.807) is 0 Å². The van der Waals surface area contributed by atoms with Crippen LogP contribution in [0.15, 0.2) is 24.3 Å². The Kier molecular flexibility index (Phi) is 5.12. The standard InChI is InChI=1S/C15H17F3N2O3/c16-15(17,18)7-5-10-1-3-12(4-2-10)19-14(23)20-8-6-11(9-20)13(21)22/h1-4,11H,5-9H2,(H,19,23)(H,21,22). The molecule has 0 aliphatic carbocycles. The van der Waals surface area contributed by atoms with E-state index in [2.05, 4.69) is 5.32 Å². The predicted molar refractivity (Wildman–Crippen MR) is 77.2 cm³/mol. The van der Waals surface area contributed by atoms with Crippen LogP contribution >= 0.6 is 0 Å². The first kappa shape index (κ1) is 17.1. The molecule has 5 nitrogen and oxygen atoms in total. The van der Waals surface area contributed by atoms with Gasteiger partial charge in [0.1, 0.15) is 0 Å². The molecule has 1 heterocycles. The minimum Gasteiger partial charge on any atom is -0.481 e. The maximum Gasteiger partial charge on any atom is 0.389 e. The number of halogens is 3.